The van der Waals surface area contributed by atoms with Crippen molar-refractivity contribution in [2.75, 3.05) is 0 Å². The van der Waals surface area contributed by atoms with Crippen LogP contribution in [0.5, 0.6) is 0 Å². The van der Waals surface area contributed by atoms with Gasteiger partial charge in [-0.15, -0.1) is 0 Å². The van der Waals surface area contributed by atoms with Gasteiger partial charge in [0.05, 0.1) is 12.2 Å². The molecule has 0 amide bonds. The molecule has 22 heavy (non-hydrogen) atoms. The lowest BCUT2D eigenvalue weighted by atomic mass is 10.1. The van der Waals surface area contributed by atoms with E-state index < -0.39 is 18.2 Å². The zero-order valence-corrected chi connectivity index (χ0v) is 13.3. The van der Waals surface area contributed by atoms with E-state index in [1.165, 1.54) is 0 Å². The lowest BCUT2D eigenvalue weighted by molar-refractivity contribution is -0.137. The Labute approximate surface area is 133 Å². The number of unbranched alkanes of at least 4 members (excludes halogenated alkanes) is 1. The molecule has 0 aliphatic carbocycles. The third-order valence-corrected chi connectivity index (χ3v) is 2.92. The molecule has 4 heteroatoms. The van der Waals surface area contributed by atoms with Crippen molar-refractivity contribution in [1.29, 1.82) is 0 Å². The molecule has 2 unspecified atom stereocenters. The van der Waals surface area contributed by atoms with Crippen LogP contribution in [0.4, 0.5) is 0 Å². The van der Waals surface area contributed by atoms with Crippen molar-refractivity contribution in [2.45, 2.75) is 57.7 Å². The van der Waals surface area contributed by atoms with E-state index in [0.717, 1.165) is 6.42 Å². The highest BCUT2D eigenvalue weighted by atomic mass is 16.4. The molecule has 0 saturated carbocycles. The van der Waals surface area contributed by atoms with E-state index >= 15 is 0 Å². The van der Waals surface area contributed by atoms with Gasteiger partial charge in [0.15, 0.2) is 0 Å². The van der Waals surface area contributed by atoms with Crippen molar-refractivity contribution in [3.8, 4) is 0 Å². The average molecular weight is 308 g/mol. The van der Waals surface area contributed by atoms with E-state index in [9.17, 15) is 15.0 Å². The van der Waals surface area contributed by atoms with Crippen LogP contribution < -0.4 is 0 Å². The molecule has 0 fully saturated rings. The van der Waals surface area contributed by atoms with E-state index in [2.05, 4.69) is 0 Å². The van der Waals surface area contributed by atoms with Gasteiger partial charge in [0.1, 0.15) is 0 Å². The molecule has 0 aromatic heterocycles. The number of aliphatic hydroxyl groups excluding tert-OH is 2. The summed E-state index contributed by atoms with van der Waals surface area (Å²) in [7, 11) is 0. The van der Waals surface area contributed by atoms with Gasteiger partial charge in [-0.1, -0.05) is 55.5 Å². The molecular weight excluding hydrogens is 280 g/mol. The minimum absolute atomic E-state index is 0.150. The maximum absolute atomic E-state index is 10.3. The number of carbonyl (C=O) groups is 1. The normalized spacial score (nSPS) is 15.4. The summed E-state index contributed by atoms with van der Waals surface area (Å²) in [6.07, 6.45) is 17.0. The lowest BCUT2D eigenvalue weighted by Gasteiger charge is -2.03. The molecule has 0 spiro atoms. The minimum Gasteiger partial charge on any atom is -0.481 e. The first-order valence-electron chi connectivity index (χ1n) is 7.80. The molecular formula is C18H28O4. The van der Waals surface area contributed by atoms with Crippen molar-refractivity contribution in [3.63, 3.8) is 0 Å². The van der Waals surface area contributed by atoms with Gasteiger partial charge >= 0.3 is 5.97 Å². The molecule has 0 bridgehead atoms. The van der Waals surface area contributed by atoms with Gasteiger partial charge in [-0.05, 0) is 32.1 Å². The Morgan fingerprint density at radius 1 is 0.955 bits per heavy atom. The second-order valence-electron chi connectivity index (χ2n) is 5.04. The number of carboxylic acid groups (broad SMARTS) is 1. The van der Waals surface area contributed by atoms with Crippen LogP contribution in [0.25, 0.3) is 0 Å². The fourth-order valence-corrected chi connectivity index (χ4v) is 1.72. The Bertz CT molecular complexity index is 394. The highest BCUT2D eigenvalue weighted by molar-refractivity contribution is 5.66. The van der Waals surface area contributed by atoms with Gasteiger partial charge in [-0.3, -0.25) is 4.79 Å². The van der Waals surface area contributed by atoms with Crippen LogP contribution in [0.15, 0.2) is 48.6 Å². The first kappa shape index (κ1) is 20.3. The van der Waals surface area contributed by atoms with Crippen LogP contribution in [0.1, 0.15) is 45.4 Å². The SMILES string of the molecule is CC/C=C/CC(O)/C=C/C=C/C=C/C(O)CCCCC(=O)O. The van der Waals surface area contributed by atoms with Crippen molar-refractivity contribution >= 4 is 5.97 Å². The summed E-state index contributed by atoms with van der Waals surface area (Å²) >= 11 is 0. The topological polar surface area (TPSA) is 77.8 Å². The van der Waals surface area contributed by atoms with Crippen LogP contribution in [0.3, 0.4) is 0 Å². The van der Waals surface area contributed by atoms with Gasteiger partial charge in [0.2, 0.25) is 0 Å². The Kier molecular flexibility index (Phi) is 13.2. The third kappa shape index (κ3) is 14.8. The zero-order chi connectivity index (χ0) is 16.6. The van der Waals surface area contributed by atoms with Crippen molar-refractivity contribution in [2.24, 2.45) is 0 Å². The predicted molar refractivity (Wildman–Crippen MR) is 89.6 cm³/mol. The van der Waals surface area contributed by atoms with Crippen LogP contribution >= 0.6 is 0 Å². The van der Waals surface area contributed by atoms with Crippen molar-refractivity contribution in [3.05, 3.63) is 48.6 Å². The second kappa shape index (κ2) is 14.3. The number of hydrogen-bond acceptors (Lipinski definition) is 3. The van der Waals surface area contributed by atoms with Gasteiger partial charge in [-0.25, -0.2) is 0 Å². The van der Waals surface area contributed by atoms with Gasteiger partial charge in [0.25, 0.3) is 0 Å². The molecule has 0 heterocycles. The number of aliphatic hydroxyl groups is 2. The van der Waals surface area contributed by atoms with E-state index in [1.807, 2.05) is 19.1 Å². The molecule has 0 rings (SSSR count). The molecule has 0 aromatic carbocycles. The van der Waals surface area contributed by atoms with E-state index in [0.29, 0.717) is 25.7 Å². The number of rotatable bonds is 12. The number of allylic oxidation sites excluding steroid dienone is 5. The molecule has 0 radical (unpaired) electrons. The maximum atomic E-state index is 10.3. The predicted octanol–water partition coefficient (Wildman–Crippen LogP) is 3.38. The maximum Gasteiger partial charge on any atom is 0.303 e. The third-order valence-electron chi connectivity index (χ3n) is 2.92. The van der Waals surface area contributed by atoms with E-state index in [1.54, 1.807) is 36.5 Å². The average Bonchev–Trinajstić information content (AvgIpc) is 2.47. The minimum atomic E-state index is -0.799. The molecule has 124 valence electrons. The summed E-state index contributed by atoms with van der Waals surface area (Å²) in [5, 5.41) is 27.7. The standard InChI is InChI=1S/C18H28O4/c1-2-3-6-11-16(19)12-7-4-5-8-13-17(20)14-9-10-15-18(21)22/h3-8,12-13,16-17,19-20H,2,9-11,14-15H2,1H3,(H,21,22)/b5-4+,6-3+,12-7+,13-8+. The van der Waals surface area contributed by atoms with Gasteiger partial charge in [0, 0.05) is 6.42 Å². The monoisotopic (exact) mass is 308 g/mol. The first-order chi connectivity index (χ1) is 10.6. The summed E-state index contributed by atoms with van der Waals surface area (Å²) in [4.78, 5) is 10.3. The lowest BCUT2D eigenvalue weighted by Crippen LogP contribution is -2.02. The summed E-state index contributed by atoms with van der Waals surface area (Å²) < 4.78 is 0. The van der Waals surface area contributed by atoms with E-state index in [-0.39, 0.29) is 6.42 Å². The summed E-state index contributed by atoms with van der Waals surface area (Å²) in [5.74, 6) is -0.799. The zero-order valence-electron chi connectivity index (χ0n) is 13.3. The Morgan fingerprint density at radius 3 is 2.18 bits per heavy atom. The van der Waals surface area contributed by atoms with Crippen LogP contribution in [-0.4, -0.2) is 33.5 Å². The van der Waals surface area contributed by atoms with Gasteiger partial charge < -0.3 is 15.3 Å². The number of aliphatic carboxylic acids is 1. The Balaban J connectivity index is 3.81. The largest absolute Gasteiger partial charge is 0.481 e. The fraction of sp³-hybridized carbons (Fsp3) is 0.500. The molecule has 4 nitrogen and oxygen atoms in total. The van der Waals surface area contributed by atoms with Crippen LogP contribution in [0.2, 0.25) is 0 Å². The number of carboxylic acids is 1. The fourth-order valence-electron chi connectivity index (χ4n) is 1.72. The summed E-state index contributed by atoms with van der Waals surface area (Å²) in [5.41, 5.74) is 0. The Hall–Kier alpha value is -1.65. The van der Waals surface area contributed by atoms with Gasteiger partial charge in [-0.2, -0.15) is 0 Å². The smallest absolute Gasteiger partial charge is 0.303 e. The highest BCUT2D eigenvalue weighted by Gasteiger charge is 2.00. The highest BCUT2D eigenvalue weighted by Crippen LogP contribution is 2.05. The number of hydrogen-bond donors (Lipinski definition) is 3. The molecule has 0 saturated heterocycles. The molecule has 0 aromatic rings. The Morgan fingerprint density at radius 2 is 1.59 bits per heavy atom. The molecule has 3 N–H and O–H groups in total. The van der Waals surface area contributed by atoms with E-state index in [4.69, 9.17) is 5.11 Å². The molecule has 2 atom stereocenters. The quantitative estimate of drug-likeness (QED) is 0.293. The first-order valence-corrected chi connectivity index (χ1v) is 7.80. The summed E-state index contributed by atoms with van der Waals surface area (Å²) in [6.45, 7) is 2.05. The van der Waals surface area contributed by atoms with Crippen molar-refractivity contribution in [1.82, 2.24) is 0 Å². The van der Waals surface area contributed by atoms with Crippen molar-refractivity contribution < 1.29 is 20.1 Å². The summed E-state index contributed by atoms with van der Waals surface area (Å²) in [6, 6.07) is 0. The van der Waals surface area contributed by atoms with Crippen LogP contribution in [0, 0.1) is 0 Å². The molecule has 0 aliphatic rings. The van der Waals surface area contributed by atoms with Crippen LogP contribution in [-0.2, 0) is 4.79 Å². The molecule has 0 aliphatic heterocycles. The second-order valence-corrected chi connectivity index (χ2v) is 5.04.